The Morgan fingerprint density at radius 1 is 1.20 bits per heavy atom. The molecule has 1 aromatic heterocycles. The van der Waals surface area contributed by atoms with Crippen molar-refractivity contribution in [1.29, 1.82) is 0 Å². The Hall–Kier alpha value is -2.90. The number of rotatable bonds is 7. The number of aromatic nitrogens is 2. The number of hydrogen-bond acceptors (Lipinski definition) is 5. The maximum atomic E-state index is 13.2. The van der Waals surface area contributed by atoms with Crippen LogP contribution < -0.4 is 10.3 Å². The molecule has 0 amide bonds. The van der Waals surface area contributed by atoms with Gasteiger partial charge in [-0.25, -0.2) is 8.42 Å². The highest BCUT2D eigenvalue weighted by Crippen LogP contribution is 2.28. The van der Waals surface area contributed by atoms with Gasteiger partial charge in [0, 0.05) is 23.3 Å². The van der Waals surface area contributed by atoms with Gasteiger partial charge >= 0.3 is 5.56 Å². The predicted molar refractivity (Wildman–Crippen MR) is 118 cm³/mol. The van der Waals surface area contributed by atoms with Crippen molar-refractivity contribution in [3.8, 4) is 22.6 Å². The molecule has 0 aliphatic carbocycles. The van der Waals surface area contributed by atoms with Gasteiger partial charge in [-0.15, -0.1) is 6.58 Å². The minimum atomic E-state index is -3.33. The summed E-state index contributed by atoms with van der Waals surface area (Å²) in [6.45, 7) is 6.01. The van der Waals surface area contributed by atoms with Crippen LogP contribution in [0.1, 0.15) is 13.3 Å². The third-order valence-corrected chi connectivity index (χ3v) is 5.72. The van der Waals surface area contributed by atoms with Crippen LogP contribution in [0.25, 0.3) is 16.8 Å². The number of nitrogens with zero attached hydrogens (tertiary/aromatic N) is 2. The van der Waals surface area contributed by atoms with Crippen molar-refractivity contribution in [1.82, 2.24) is 9.78 Å². The molecular weight excluding hydrogens is 424 g/mol. The molecule has 8 heteroatoms. The fourth-order valence-electron chi connectivity index (χ4n) is 2.78. The Labute approximate surface area is 180 Å². The molecule has 2 aromatic carbocycles. The van der Waals surface area contributed by atoms with Crippen LogP contribution in [0.3, 0.4) is 0 Å². The Balaban J connectivity index is 2.11. The van der Waals surface area contributed by atoms with Crippen LogP contribution in [0.5, 0.6) is 5.75 Å². The monoisotopic (exact) mass is 444 g/mol. The Kier molecular flexibility index (Phi) is 6.43. The van der Waals surface area contributed by atoms with E-state index in [-0.39, 0.29) is 17.3 Å². The van der Waals surface area contributed by atoms with Gasteiger partial charge in [-0.3, -0.25) is 4.79 Å². The quantitative estimate of drug-likeness (QED) is 0.507. The third-order valence-electron chi connectivity index (χ3n) is 4.36. The lowest BCUT2D eigenvalue weighted by molar-refractivity contribution is 0.316. The normalized spacial score (nSPS) is 11.3. The van der Waals surface area contributed by atoms with E-state index in [1.807, 2.05) is 6.92 Å². The van der Waals surface area contributed by atoms with Crippen molar-refractivity contribution < 1.29 is 13.2 Å². The van der Waals surface area contributed by atoms with Gasteiger partial charge < -0.3 is 4.74 Å². The van der Waals surface area contributed by atoms with Crippen molar-refractivity contribution in [2.24, 2.45) is 0 Å². The Bertz CT molecular complexity index is 1250. The lowest BCUT2D eigenvalue weighted by Crippen LogP contribution is -2.24. The summed E-state index contributed by atoms with van der Waals surface area (Å²) in [5, 5.41) is 4.75. The molecule has 0 saturated heterocycles. The molecule has 0 saturated carbocycles. The van der Waals surface area contributed by atoms with Crippen molar-refractivity contribution in [2.45, 2.75) is 18.2 Å². The summed E-state index contributed by atoms with van der Waals surface area (Å²) in [6.07, 6.45) is 3.25. The molecule has 0 fully saturated rings. The average molecular weight is 445 g/mol. The van der Waals surface area contributed by atoms with Gasteiger partial charge in [0.15, 0.2) is 15.6 Å². The van der Waals surface area contributed by atoms with Gasteiger partial charge in [-0.1, -0.05) is 35.4 Å². The third kappa shape index (κ3) is 4.98. The lowest BCUT2D eigenvalue weighted by Gasteiger charge is -2.14. The minimum Gasteiger partial charge on any atom is -0.487 e. The van der Waals surface area contributed by atoms with Crippen molar-refractivity contribution in [3.05, 3.63) is 82.3 Å². The molecule has 3 rings (SSSR count). The van der Waals surface area contributed by atoms with E-state index < -0.39 is 15.4 Å². The maximum Gasteiger partial charge on any atom is 0.314 e. The molecule has 0 unspecified atom stereocenters. The van der Waals surface area contributed by atoms with E-state index in [4.69, 9.17) is 16.3 Å². The number of halogens is 1. The summed E-state index contributed by atoms with van der Waals surface area (Å²) < 4.78 is 30.5. The fourth-order valence-corrected chi connectivity index (χ4v) is 3.60. The van der Waals surface area contributed by atoms with Crippen molar-refractivity contribution in [3.63, 3.8) is 0 Å². The molecule has 0 atom stereocenters. The number of ether oxygens (including phenoxy) is 1. The van der Waals surface area contributed by atoms with Crippen LogP contribution in [-0.2, 0) is 9.84 Å². The van der Waals surface area contributed by atoms with Crippen molar-refractivity contribution in [2.75, 3.05) is 12.9 Å². The van der Waals surface area contributed by atoms with E-state index in [1.54, 1.807) is 36.4 Å². The van der Waals surface area contributed by atoms with E-state index in [9.17, 15) is 13.2 Å². The topological polar surface area (TPSA) is 78.3 Å². The molecular formula is C22H21ClN2O4S. The van der Waals surface area contributed by atoms with E-state index in [0.717, 1.165) is 11.8 Å². The first-order chi connectivity index (χ1) is 14.2. The second-order valence-electron chi connectivity index (χ2n) is 6.94. The van der Waals surface area contributed by atoms with Gasteiger partial charge in [0.25, 0.3) is 0 Å². The summed E-state index contributed by atoms with van der Waals surface area (Å²) in [4.78, 5) is 13.4. The summed E-state index contributed by atoms with van der Waals surface area (Å²) in [5.74, 6) is 0.123. The molecule has 0 bridgehead atoms. The van der Waals surface area contributed by atoms with Crippen LogP contribution in [-0.4, -0.2) is 31.1 Å². The predicted octanol–water partition coefficient (Wildman–Crippen LogP) is 4.30. The second kappa shape index (κ2) is 8.85. The first-order valence-electron chi connectivity index (χ1n) is 9.13. The Morgan fingerprint density at radius 2 is 1.90 bits per heavy atom. The molecule has 0 aliphatic rings. The molecule has 0 aliphatic heterocycles. The molecule has 156 valence electrons. The van der Waals surface area contributed by atoms with Crippen LogP contribution in [0.4, 0.5) is 0 Å². The van der Waals surface area contributed by atoms with Gasteiger partial charge in [0.1, 0.15) is 0 Å². The van der Waals surface area contributed by atoms with Gasteiger partial charge in [-0.2, -0.15) is 9.78 Å². The highest BCUT2D eigenvalue weighted by molar-refractivity contribution is 7.90. The highest BCUT2D eigenvalue weighted by atomic mass is 35.5. The lowest BCUT2D eigenvalue weighted by atomic mass is 10.1. The van der Waals surface area contributed by atoms with Crippen LogP contribution >= 0.6 is 11.6 Å². The number of hydrogen-bond donors (Lipinski definition) is 0. The van der Waals surface area contributed by atoms with Gasteiger partial charge in [-0.05, 0) is 42.8 Å². The maximum absolute atomic E-state index is 13.2. The summed E-state index contributed by atoms with van der Waals surface area (Å²) in [7, 11) is -3.33. The molecule has 1 heterocycles. The van der Waals surface area contributed by atoms with E-state index in [1.165, 1.54) is 23.0 Å². The largest absolute Gasteiger partial charge is 0.487 e. The molecule has 0 spiro atoms. The van der Waals surface area contributed by atoms with Gasteiger partial charge in [0.05, 0.1) is 23.4 Å². The van der Waals surface area contributed by atoms with E-state index >= 15 is 0 Å². The van der Waals surface area contributed by atoms with Crippen molar-refractivity contribution >= 4 is 21.4 Å². The molecule has 6 nitrogen and oxygen atoms in total. The van der Waals surface area contributed by atoms with E-state index in [2.05, 4.69) is 11.7 Å². The zero-order chi connectivity index (χ0) is 21.9. The zero-order valence-corrected chi connectivity index (χ0v) is 18.2. The number of benzene rings is 2. The Morgan fingerprint density at radius 3 is 2.50 bits per heavy atom. The fraction of sp³-hybridized carbons (Fsp3) is 0.182. The van der Waals surface area contributed by atoms with E-state index in [0.29, 0.717) is 28.3 Å². The molecule has 0 N–H and O–H groups in total. The first-order valence-corrected chi connectivity index (χ1v) is 11.4. The molecule has 30 heavy (non-hydrogen) atoms. The number of sulfone groups is 1. The van der Waals surface area contributed by atoms with Crippen LogP contribution in [0.2, 0.25) is 5.02 Å². The standard InChI is InChI=1S/C22H21ClN2O4S/c1-15(2)11-12-29-21-20(16-7-9-19(10-8-16)30(3,27)28)14-24-25(22(21)26)18-6-4-5-17(23)13-18/h4-10,13-14H,1,11-12H2,2-3H3. The van der Waals surface area contributed by atoms with Crippen LogP contribution in [0, 0.1) is 0 Å². The highest BCUT2D eigenvalue weighted by Gasteiger charge is 2.17. The second-order valence-corrected chi connectivity index (χ2v) is 9.39. The smallest absolute Gasteiger partial charge is 0.314 e. The SMILES string of the molecule is C=C(C)CCOc1c(-c2ccc(S(C)(=O)=O)cc2)cnn(-c2cccc(Cl)c2)c1=O. The molecule has 0 radical (unpaired) electrons. The minimum absolute atomic E-state index is 0.123. The van der Waals surface area contributed by atoms with Gasteiger partial charge in [0.2, 0.25) is 0 Å². The first kappa shape index (κ1) is 21.8. The summed E-state index contributed by atoms with van der Waals surface area (Å²) in [5.41, 5.74) is 2.09. The summed E-state index contributed by atoms with van der Waals surface area (Å²) in [6, 6.07) is 13.0. The average Bonchev–Trinajstić information content (AvgIpc) is 2.68. The van der Waals surface area contributed by atoms with Crippen LogP contribution in [0.15, 0.2) is 76.6 Å². The molecule has 3 aromatic rings. The summed E-state index contributed by atoms with van der Waals surface area (Å²) >= 11 is 6.05. The zero-order valence-electron chi connectivity index (χ0n) is 16.6.